The number of aromatic hydroxyl groups is 2. The number of carbonyl (C=O) groups excluding carboxylic acids is 2. The van der Waals surface area contributed by atoms with Gasteiger partial charge in [0.2, 0.25) is 0 Å². The predicted molar refractivity (Wildman–Crippen MR) is 267 cm³/mol. The highest BCUT2D eigenvalue weighted by Gasteiger charge is 2.58. The Bertz CT molecular complexity index is 3040. The molecule has 364 valence electrons. The molecule has 12 heteroatoms. The standard InChI is InChI=1S/C58H63N3O9/c1-68-53-30-44-43(29-52(53)66)46-25-36-32-58(19-16-35(31-58)33-61-21-18-49-50(61)17-20-59-49)47-28-37(63)12-14-42(47)56(36)45(44)27-38(64)26-39(13-10-34-11-15-51(65)54(24-34)69-23-22-62)70-55(67)9-5-3-7-41-40-6-2-4-8-48(40)60-57(41)46/h2,4,6,8,11,15,17-18,20-21,24-25,29-30,35-37,39,42,45,47,56,59-60,62-63,65-66H,7,9-10,12-14,16,19,22-23,26-28,31-33H2,1H3. The van der Waals surface area contributed by atoms with Gasteiger partial charge in [0, 0.05) is 54.7 Å². The number of ether oxygens (including phenoxy) is 3. The normalized spacial score (nSPS) is 27.7. The zero-order chi connectivity index (χ0) is 48.1. The molecule has 0 saturated heterocycles. The van der Waals surface area contributed by atoms with Gasteiger partial charge >= 0.3 is 5.97 Å². The number of cyclic esters (lactones) is 1. The van der Waals surface area contributed by atoms with Crippen LogP contribution in [0.2, 0.25) is 0 Å². The number of rotatable bonds is 9. The Kier molecular flexibility index (Phi) is 12.5. The van der Waals surface area contributed by atoms with Crippen molar-refractivity contribution in [2.24, 2.45) is 35.0 Å². The molecule has 0 radical (unpaired) electrons. The van der Waals surface area contributed by atoms with E-state index in [1.807, 2.05) is 30.5 Å². The minimum atomic E-state index is -0.745. The largest absolute Gasteiger partial charge is 0.504 e. The van der Waals surface area contributed by atoms with Gasteiger partial charge in [-0.25, -0.2) is 0 Å². The molecule has 11 rings (SSSR count). The molecule has 6 N–H and O–H groups in total. The fraction of sp³-hybridized carbons (Fsp3) is 0.448. The topological polar surface area (TPSA) is 179 Å². The molecule has 3 saturated carbocycles. The summed E-state index contributed by atoms with van der Waals surface area (Å²) < 4.78 is 20.0. The number of aliphatic hydroxyl groups is 2. The molecule has 70 heavy (non-hydrogen) atoms. The number of fused-ring (bicyclic) bond motifs is 10. The average molecular weight is 946 g/mol. The Balaban J connectivity index is 1.03. The highest BCUT2D eigenvalue weighted by molar-refractivity contribution is 5.94. The smallest absolute Gasteiger partial charge is 0.318 e. The number of ketones is 1. The lowest BCUT2D eigenvalue weighted by Gasteiger charge is -2.57. The number of allylic oxidation sites excluding steroid dienone is 1. The number of nitrogens with zero attached hydrogens (tertiary/aromatic N) is 1. The summed E-state index contributed by atoms with van der Waals surface area (Å²) in [5.41, 5.74) is 8.85. The third kappa shape index (κ3) is 8.66. The molecule has 1 spiro atoms. The van der Waals surface area contributed by atoms with E-state index in [9.17, 15) is 25.2 Å². The third-order valence-corrected chi connectivity index (χ3v) is 16.9. The van der Waals surface area contributed by atoms with E-state index in [0.717, 1.165) is 95.0 Å². The van der Waals surface area contributed by atoms with Crippen LogP contribution in [0, 0.1) is 46.8 Å². The maximum absolute atomic E-state index is 15.1. The van der Waals surface area contributed by atoms with E-state index in [1.54, 1.807) is 25.3 Å². The Hall–Kier alpha value is -6.42. The molecule has 3 aromatic carbocycles. The quantitative estimate of drug-likeness (QED) is 0.0608. The lowest BCUT2D eigenvalue weighted by atomic mass is 9.47. The van der Waals surface area contributed by atoms with Crippen molar-refractivity contribution < 1.29 is 44.2 Å². The lowest BCUT2D eigenvalue weighted by Crippen LogP contribution is -2.51. The second kappa shape index (κ2) is 19.1. The van der Waals surface area contributed by atoms with E-state index in [0.29, 0.717) is 37.4 Å². The number of aryl methyl sites for hydroxylation is 1. The van der Waals surface area contributed by atoms with E-state index in [1.165, 1.54) is 5.52 Å². The van der Waals surface area contributed by atoms with Crippen LogP contribution in [0.5, 0.6) is 23.0 Å². The number of H-pyrrole nitrogens is 2. The number of methoxy groups -OCH3 is 1. The van der Waals surface area contributed by atoms with Gasteiger partial charge in [0.05, 0.1) is 36.5 Å². The molecule has 4 heterocycles. The van der Waals surface area contributed by atoms with Crippen LogP contribution in [0.25, 0.3) is 27.5 Å². The fourth-order valence-corrected chi connectivity index (χ4v) is 14.1. The molecule has 1 aliphatic heterocycles. The number of phenolic OH excluding ortho intramolecular Hbond substituents is 2. The SMILES string of the molecule is COc1cc2c(cc1O)C1=CC3CC4(CCC(Cn5ccc6[nH]ccc65)C4)C4CC(O)CCC4C3C2CC(=O)CC(CCc2ccc(O)c(OCCO)c2)OC(=O)CC#CCc2c1[nH]c1ccccc21. The van der Waals surface area contributed by atoms with Crippen molar-refractivity contribution in [3.63, 3.8) is 0 Å². The lowest BCUT2D eigenvalue weighted by molar-refractivity contribution is -0.149. The first-order chi connectivity index (χ1) is 34.1. The molecule has 12 nitrogen and oxygen atoms in total. The number of hydrogen-bond donors (Lipinski definition) is 6. The number of hydrogen-bond acceptors (Lipinski definition) is 9. The molecular weight excluding hydrogens is 883 g/mol. The molecule has 3 fully saturated rings. The van der Waals surface area contributed by atoms with Crippen LogP contribution in [0.1, 0.15) is 104 Å². The van der Waals surface area contributed by atoms with E-state index in [-0.39, 0.29) is 96.6 Å². The van der Waals surface area contributed by atoms with Gasteiger partial charge in [-0.2, -0.15) is 0 Å². The molecule has 0 amide bonds. The Labute approximate surface area is 408 Å². The number of Topliss-reactive ketones (excluding diaryl/α,β-unsaturated/α-hetero) is 1. The summed E-state index contributed by atoms with van der Waals surface area (Å²) >= 11 is 0. The summed E-state index contributed by atoms with van der Waals surface area (Å²) in [6, 6.07) is 21.4. The zero-order valence-corrected chi connectivity index (χ0v) is 39.8. The molecular formula is C58H63N3O9. The van der Waals surface area contributed by atoms with Crippen LogP contribution in [-0.2, 0) is 33.7 Å². The minimum Gasteiger partial charge on any atom is -0.504 e. The number of carbonyl (C=O) groups is 2. The summed E-state index contributed by atoms with van der Waals surface area (Å²) in [7, 11) is 1.56. The van der Waals surface area contributed by atoms with E-state index in [2.05, 4.69) is 62.9 Å². The van der Waals surface area contributed by atoms with Crippen LogP contribution in [-0.4, -0.2) is 79.2 Å². The van der Waals surface area contributed by atoms with Gasteiger partial charge in [-0.3, -0.25) is 9.59 Å². The summed E-state index contributed by atoms with van der Waals surface area (Å²) in [5.74, 6) is 7.22. The Morgan fingerprint density at radius 1 is 0.929 bits per heavy atom. The monoisotopic (exact) mass is 945 g/mol. The number of esters is 1. The zero-order valence-electron chi connectivity index (χ0n) is 39.8. The van der Waals surface area contributed by atoms with Crippen LogP contribution >= 0.6 is 0 Å². The number of aromatic nitrogens is 3. The first-order valence-electron chi connectivity index (χ1n) is 25.3. The summed E-state index contributed by atoms with van der Waals surface area (Å²) in [4.78, 5) is 35.9. The van der Waals surface area contributed by atoms with Crippen molar-refractivity contribution in [1.82, 2.24) is 14.5 Å². The van der Waals surface area contributed by atoms with Crippen LogP contribution in [0.4, 0.5) is 0 Å². The first kappa shape index (κ1) is 46.0. The number of aliphatic hydroxyl groups excluding tert-OH is 2. The highest BCUT2D eigenvalue weighted by atomic mass is 16.5. The first-order valence-corrected chi connectivity index (χ1v) is 25.3. The Morgan fingerprint density at radius 3 is 2.67 bits per heavy atom. The third-order valence-electron chi connectivity index (χ3n) is 16.9. The van der Waals surface area contributed by atoms with Gasteiger partial charge in [0.25, 0.3) is 0 Å². The Morgan fingerprint density at radius 2 is 1.80 bits per heavy atom. The van der Waals surface area contributed by atoms with Crippen molar-refractivity contribution in [1.29, 1.82) is 0 Å². The second-order valence-electron chi connectivity index (χ2n) is 20.9. The predicted octanol–water partition coefficient (Wildman–Crippen LogP) is 9.51. The maximum Gasteiger partial charge on any atom is 0.318 e. The van der Waals surface area contributed by atoms with Crippen molar-refractivity contribution in [3.05, 3.63) is 113 Å². The molecule has 9 atom stereocenters. The number of aromatic amines is 2. The molecule has 2 bridgehead atoms. The molecule has 9 unspecified atom stereocenters. The van der Waals surface area contributed by atoms with Gasteiger partial charge in [-0.15, -0.1) is 0 Å². The summed E-state index contributed by atoms with van der Waals surface area (Å²) in [5, 5.41) is 44.1. The van der Waals surface area contributed by atoms with Crippen LogP contribution < -0.4 is 9.47 Å². The van der Waals surface area contributed by atoms with Gasteiger partial charge in [0.15, 0.2) is 23.0 Å². The minimum absolute atomic E-state index is 0.00222. The molecule has 5 aliphatic rings. The second-order valence-corrected chi connectivity index (χ2v) is 20.9. The molecule has 6 aromatic rings. The number of nitrogens with one attached hydrogen (secondary N) is 2. The van der Waals surface area contributed by atoms with E-state index in [4.69, 9.17) is 14.2 Å². The van der Waals surface area contributed by atoms with Gasteiger partial charge < -0.3 is 49.2 Å². The maximum atomic E-state index is 15.1. The summed E-state index contributed by atoms with van der Waals surface area (Å²) in [6.45, 7) is 0.764. The summed E-state index contributed by atoms with van der Waals surface area (Å²) in [6.07, 6.45) is 13.2. The molecule has 3 aromatic heterocycles. The van der Waals surface area contributed by atoms with Crippen molar-refractivity contribution >= 4 is 39.3 Å². The van der Waals surface area contributed by atoms with Crippen molar-refractivity contribution in [3.8, 4) is 34.8 Å². The average Bonchev–Trinajstić information content (AvgIpc) is 4.15. The van der Waals surface area contributed by atoms with Gasteiger partial charge in [-0.1, -0.05) is 42.2 Å². The fourth-order valence-electron chi connectivity index (χ4n) is 14.1. The highest BCUT2D eigenvalue weighted by Crippen LogP contribution is 2.66. The number of phenols is 2. The van der Waals surface area contributed by atoms with Crippen LogP contribution in [0.3, 0.4) is 0 Å². The number of benzene rings is 3. The van der Waals surface area contributed by atoms with Crippen molar-refractivity contribution in [2.45, 2.75) is 108 Å². The van der Waals surface area contributed by atoms with Gasteiger partial charge in [-0.05, 0) is 163 Å². The van der Waals surface area contributed by atoms with E-state index >= 15 is 4.79 Å². The number of para-hydroxylation sites is 1. The van der Waals surface area contributed by atoms with Crippen molar-refractivity contribution in [2.75, 3.05) is 20.3 Å². The molecule has 4 aliphatic carbocycles. The van der Waals surface area contributed by atoms with E-state index < -0.39 is 12.1 Å². The van der Waals surface area contributed by atoms with Crippen LogP contribution in [0.15, 0.2) is 85.2 Å². The van der Waals surface area contributed by atoms with Gasteiger partial charge in [0.1, 0.15) is 24.9 Å².